The third-order valence-corrected chi connectivity index (χ3v) is 4.39. The number of hydrogen-bond acceptors (Lipinski definition) is 3. The molecule has 4 heteroatoms. The third-order valence-electron chi connectivity index (χ3n) is 2.58. The van der Waals surface area contributed by atoms with Gasteiger partial charge < -0.3 is 9.84 Å². The molecule has 0 amide bonds. The maximum atomic E-state index is 10.4. The van der Waals surface area contributed by atoms with E-state index in [0.717, 1.165) is 23.3 Å². The van der Waals surface area contributed by atoms with Crippen molar-refractivity contribution < 1.29 is 9.84 Å². The van der Waals surface area contributed by atoms with Crippen LogP contribution in [0.4, 0.5) is 0 Å². The molecular formula is C14H15IO2S. The van der Waals surface area contributed by atoms with E-state index < -0.39 is 6.10 Å². The first-order valence-electron chi connectivity index (χ1n) is 5.86. The summed E-state index contributed by atoms with van der Waals surface area (Å²) >= 11 is 3.90. The summed E-state index contributed by atoms with van der Waals surface area (Å²) in [5.74, 6) is 0.771. The van der Waals surface area contributed by atoms with Crippen molar-refractivity contribution in [3.63, 3.8) is 0 Å². The lowest BCUT2D eigenvalue weighted by Crippen LogP contribution is -2.04. The lowest BCUT2D eigenvalue weighted by atomic mass is 10.0. The van der Waals surface area contributed by atoms with Crippen LogP contribution in [0.15, 0.2) is 35.7 Å². The van der Waals surface area contributed by atoms with Gasteiger partial charge in [0.1, 0.15) is 11.9 Å². The van der Waals surface area contributed by atoms with Crippen LogP contribution in [0.3, 0.4) is 0 Å². The summed E-state index contributed by atoms with van der Waals surface area (Å²) in [4.78, 5) is 0. The molecule has 18 heavy (non-hydrogen) atoms. The number of para-hydroxylation sites is 1. The van der Waals surface area contributed by atoms with Crippen molar-refractivity contribution in [2.24, 2.45) is 0 Å². The fourth-order valence-electron chi connectivity index (χ4n) is 1.70. The highest BCUT2D eigenvalue weighted by Crippen LogP contribution is 2.32. The predicted octanol–water partition coefficient (Wildman–Crippen LogP) is 4.22. The van der Waals surface area contributed by atoms with Crippen molar-refractivity contribution in [1.82, 2.24) is 0 Å². The van der Waals surface area contributed by atoms with Gasteiger partial charge in [0, 0.05) is 5.56 Å². The summed E-state index contributed by atoms with van der Waals surface area (Å²) in [6, 6.07) is 9.69. The zero-order chi connectivity index (χ0) is 13.0. The van der Waals surface area contributed by atoms with Gasteiger partial charge in [-0.2, -0.15) is 0 Å². The smallest absolute Gasteiger partial charge is 0.125 e. The van der Waals surface area contributed by atoms with E-state index in [0.29, 0.717) is 6.61 Å². The molecule has 0 saturated heterocycles. The number of aliphatic hydroxyl groups excluding tert-OH is 1. The zero-order valence-electron chi connectivity index (χ0n) is 10.1. The number of ether oxygens (including phenoxy) is 1. The van der Waals surface area contributed by atoms with Crippen LogP contribution in [0.25, 0.3) is 0 Å². The summed E-state index contributed by atoms with van der Waals surface area (Å²) in [6.45, 7) is 2.74. The van der Waals surface area contributed by atoms with Crippen LogP contribution in [-0.2, 0) is 0 Å². The predicted molar refractivity (Wildman–Crippen MR) is 83.3 cm³/mol. The molecule has 96 valence electrons. The molecule has 1 N–H and O–H groups in total. The maximum Gasteiger partial charge on any atom is 0.125 e. The Morgan fingerprint density at radius 3 is 2.83 bits per heavy atom. The number of halogens is 1. The fourth-order valence-corrected chi connectivity index (χ4v) is 3.09. The van der Waals surface area contributed by atoms with Gasteiger partial charge in [0.2, 0.25) is 0 Å². The number of hydrogen-bond donors (Lipinski definition) is 1. The quantitative estimate of drug-likeness (QED) is 0.794. The summed E-state index contributed by atoms with van der Waals surface area (Å²) in [5.41, 5.74) is 1.76. The standard InChI is InChI=1S/C14H15IO2S/c1-2-7-17-12-6-4-3-5-11(12)14(16)10-8-13(15)18-9-10/h3-6,8-9,14,16H,2,7H2,1H3. The number of aliphatic hydroxyl groups is 1. The molecular weight excluding hydrogens is 359 g/mol. The van der Waals surface area contributed by atoms with Crippen LogP contribution in [0.2, 0.25) is 0 Å². The van der Waals surface area contributed by atoms with Gasteiger partial charge in [-0.1, -0.05) is 25.1 Å². The molecule has 1 atom stereocenters. The summed E-state index contributed by atoms with van der Waals surface area (Å²) in [5, 5.41) is 12.4. The van der Waals surface area contributed by atoms with Gasteiger partial charge in [0.05, 0.1) is 9.49 Å². The van der Waals surface area contributed by atoms with Crippen LogP contribution in [-0.4, -0.2) is 11.7 Å². The van der Waals surface area contributed by atoms with E-state index in [4.69, 9.17) is 4.74 Å². The first-order chi connectivity index (χ1) is 8.72. The highest BCUT2D eigenvalue weighted by molar-refractivity contribution is 14.1. The third kappa shape index (κ3) is 3.24. The van der Waals surface area contributed by atoms with Crippen molar-refractivity contribution in [3.8, 4) is 5.75 Å². The van der Waals surface area contributed by atoms with Gasteiger partial charge in [-0.15, -0.1) is 11.3 Å². The second-order valence-electron chi connectivity index (χ2n) is 3.97. The van der Waals surface area contributed by atoms with Gasteiger partial charge in [-0.05, 0) is 52.1 Å². The average Bonchev–Trinajstić information content (AvgIpc) is 2.82. The maximum absolute atomic E-state index is 10.4. The largest absolute Gasteiger partial charge is 0.493 e. The van der Waals surface area contributed by atoms with E-state index in [-0.39, 0.29) is 0 Å². The van der Waals surface area contributed by atoms with Gasteiger partial charge >= 0.3 is 0 Å². The molecule has 0 fully saturated rings. The molecule has 1 heterocycles. The van der Waals surface area contributed by atoms with E-state index >= 15 is 0 Å². The Balaban J connectivity index is 2.26. The SMILES string of the molecule is CCCOc1ccccc1C(O)c1csc(I)c1. The Hall–Kier alpha value is -0.590. The molecule has 0 saturated carbocycles. The Morgan fingerprint density at radius 1 is 1.39 bits per heavy atom. The molecule has 0 spiro atoms. The minimum atomic E-state index is -0.613. The highest BCUT2D eigenvalue weighted by Gasteiger charge is 2.16. The van der Waals surface area contributed by atoms with Crippen molar-refractivity contribution in [1.29, 1.82) is 0 Å². The van der Waals surface area contributed by atoms with Crippen molar-refractivity contribution in [2.75, 3.05) is 6.61 Å². The van der Waals surface area contributed by atoms with E-state index in [1.165, 1.54) is 2.88 Å². The second kappa shape index (κ2) is 6.54. The van der Waals surface area contributed by atoms with E-state index in [1.54, 1.807) is 11.3 Å². The highest BCUT2D eigenvalue weighted by atomic mass is 127. The molecule has 0 bridgehead atoms. The molecule has 1 aromatic carbocycles. The Bertz CT molecular complexity index is 510. The van der Waals surface area contributed by atoms with E-state index in [1.807, 2.05) is 35.7 Å². The normalized spacial score (nSPS) is 12.4. The van der Waals surface area contributed by atoms with E-state index in [9.17, 15) is 5.11 Å². The minimum absolute atomic E-state index is 0.613. The molecule has 0 aliphatic heterocycles. The number of thiophene rings is 1. The van der Waals surface area contributed by atoms with Crippen LogP contribution in [0, 0.1) is 2.88 Å². The van der Waals surface area contributed by atoms with Gasteiger partial charge in [-0.25, -0.2) is 0 Å². The van der Waals surface area contributed by atoms with Crippen LogP contribution in [0.1, 0.15) is 30.6 Å². The topological polar surface area (TPSA) is 29.5 Å². The minimum Gasteiger partial charge on any atom is -0.493 e. The first kappa shape index (κ1) is 13.8. The Kier molecular flexibility index (Phi) is 5.03. The van der Waals surface area contributed by atoms with E-state index in [2.05, 4.69) is 29.5 Å². The monoisotopic (exact) mass is 374 g/mol. The number of rotatable bonds is 5. The van der Waals surface area contributed by atoms with Crippen LogP contribution < -0.4 is 4.74 Å². The Labute approximate surface area is 125 Å². The average molecular weight is 374 g/mol. The lowest BCUT2D eigenvalue weighted by Gasteiger charge is -2.15. The second-order valence-corrected chi connectivity index (χ2v) is 6.78. The Morgan fingerprint density at radius 2 is 2.17 bits per heavy atom. The number of benzene rings is 1. The molecule has 1 unspecified atom stereocenters. The van der Waals surface area contributed by atoms with Gasteiger partial charge in [-0.3, -0.25) is 0 Å². The fraction of sp³-hybridized carbons (Fsp3) is 0.286. The molecule has 2 rings (SSSR count). The van der Waals surface area contributed by atoms with Gasteiger partial charge in [0.25, 0.3) is 0 Å². The molecule has 2 nitrogen and oxygen atoms in total. The summed E-state index contributed by atoms with van der Waals surface area (Å²) in [7, 11) is 0. The molecule has 0 aliphatic carbocycles. The summed E-state index contributed by atoms with van der Waals surface area (Å²) < 4.78 is 6.85. The van der Waals surface area contributed by atoms with Crippen molar-refractivity contribution in [3.05, 3.63) is 49.7 Å². The first-order valence-corrected chi connectivity index (χ1v) is 7.82. The zero-order valence-corrected chi connectivity index (χ0v) is 13.1. The van der Waals surface area contributed by atoms with Gasteiger partial charge in [0.15, 0.2) is 0 Å². The van der Waals surface area contributed by atoms with Crippen molar-refractivity contribution >= 4 is 33.9 Å². The lowest BCUT2D eigenvalue weighted by molar-refractivity contribution is 0.211. The molecule has 1 aromatic heterocycles. The summed E-state index contributed by atoms with van der Waals surface area (Å²) in [6.07, 6.45) is 0.346. The van der Waals surface area contributed by atoms with Crippen LogP contribution in [0.5, 0.6) is 5.75 Å². The van der Waals surface area contributed by atoms with Crippen molar-refractivity contribution in [2.45, 2.75) is 19.4 Å². The van der Waals surface area contributed by atoms with Crippen LogP contribution >= 0.6 is 33.9 Å². The molecule has 0 radical (unpaired) electrons. The molecule has 2 aromatic rings. The molecule has 0 aliphatic rings.